The largest absolute Gasteiger partial charge is 0.459 e. The van der Waals surface area contributed by atoms with E-state index in [9.17, 15) is 18.8 Å². The van der Waals surface area contributed by atoms with E-state index in [1.54, 1.807) is 24.3 Å². The van der Waals surface area contributed by atoms with Crippen LogP contribution in [-0.4, -0.2) is 35.3 Å². The molecule has 1 saturated carbocycles. The number of nitrogens with one attached hydrogen (secondary N) is 2. The number of hydrogen-bond acceptors (Lipinski definition) is 5. The van der Waals surface area contributed by atoms with E-state index in [0.29, 0.717) is 5.56 Å². The van der Waals surface area contributed by atoms with E-state index >= 15 is 0 Å². The van der Waals surface area contributed by atoms with Gasteiger partial charge in [0.1, 0.15) is 11.9 Å². The molecule has 1 aliphatic carbocycles. The van der Waals surface area contributed by atoms with E-state index in [1.165, 1.54) is 42.9 Å². The van der Waals surface area contributed by atoms with Crippen LogP contribution in [0.2, 0.25) is 0 Å². The number of amides is 3. The van der Waals surface area contributed by atoms with Crippen molar-refractivity contribution in [2.75, 3.05) is 11.4 Å². The minimum Gasteiger partial charge on any atom is -0.459 e. The second kappa shape index (κ2) is 10.7. The van der Waals surface area contributed by atoms with Gasteiger partial charge in [-0.3, -0.25) is 24.3 Å². The molecule has 1 aliphatic rings. The maximum absolute atomic E-state index is 14.9. The summed E-state index contributed by atoms with van der Waals surface area (Å²) in [6, 6.07) is 10.8. The summed E-state index contributed by atoms with van der Waals surface area (Å²) < 4.78 is 20.0. The summed E-state index contributed by atoms with van der Waals surface area (Å²) in [6.07, 6.45) is 8.08. The molecule has 0 unspecified atom stereocenters. The Bertz CT molecular complexity index is 1130. The molecule has 1 aromatic carbocycles. The average Bonchev–Trinajstić information content (AvgIpc) is 3.56. The number of pyridine rings is 1. The topological polar surface area (TPSA) is 105 Å². The number of halogens is 1. The highest BCUT2D eigenvalue weighted by atomic mass is 19.1. The first kappa shape index (κ1) is 23.2. The van der Waals surface area contributed by atoms with E-state index < -0.39 is 36.1 Å². The number of benzene rings is 1. The molecule has 9 heteroatoms. The molecule has 2 aromatic heterocycles. The van der Waals surface area contributed by atoms with Gasteiger partial charge < -0.3 is 15.1 Å². The van der Waals surface area contributed by atoms with Gasteiger partial charge in [0.25, 0.3) is 5.91 Å². The molecule has 176 valence electrons. The zero-order valence-corrected chi connectivity index (χ0v) is 18.4. The number of rotatable bonds is 8. The molecule has 0 aliphatic heterocycles. The van der Waals surface area contributed by atoms with E-state index in [1.807, 2.05) is 0 Å². The number of furan rings is 1. The Balaban J connectivity index is 1.67. The summed E-state index contributed by atoms with van der Waals surface area (Å²) in [4.78, 5) is 44.3. The van der Waals surface area contributed by atoms with Crippen LogP contribution in [0.5, 0.6) is 0 Å². The number of hydrogen-bond donors (Lipinski definition) is 2. The minimum atomic E-state index is -1.16. The molecule has 4 rings (SSSR count). The van der Waals surface area contributed by atoms with Gasteiger partial charge in [0, 0.05) is 18.4 Å². The lowest BCUT2D eigenvalue weighted by Crippen LogP contribution is -2.49. The van der Waals surface area contributed by atoms with Crippen LogP contribution >= 0.6 is 0 Å². The number of carbonyl (C=O) groups excluding carboxylic acids is 3. The van der Waals surface area contributed by atoms with Crippen molar-refractivity contribution in [1.82, 2.24) is 15.6 Å². The second-order valence-corrected chi connectivity index (χ2v) is 8.05. The number of para-hydroxylation sites is 1. The van der Waals surface area contributed by atoms with Crippen LogP contribution in [0, 0.1) is 5.82 Å². The number of carbonyl (C=O) groups is 3. The third-order valence-corrected chi connectivity index (χ3v) is 5.76. The normalized spacial score (nSPS) is 14.4. The van der Waals surface area contributed by atoms with Gasteiger partial charge in [0.05, 0.1) is 18.5 Å². The molecule has 3 aromatic rings. The van der Waals surface area contributed by atoms with Gasteiger partial charge >= 0.3 is 0 Å². The fourth-order valence-corrected chi connectivity index (χ4v) is 4.11. The van der Waals surface area contributed by atoms with Gasteiger partial charge in [-0.1, -0.05) is 25.0 Å². The third-order valence-electron chi connectivity index (χ3n) is 5.76. The standard InChI is InChI=1S/C25H25FN4O4/c26-19-8-3-4-9-20(19)30(22(31)16-28-24(32)21-10-5-15-34-21)23(17-11-13-27-14-12-17)25(33)29-18-6-1-2-7-18/h3-5,8-15,18,23H,1-2,6-7,16H2,(H,28,32)(H,29,33)/t23-/m1/s1. The average molecular weight is 464 g/mol. The van der Waals surface area contributed by atoms with E-state index in [-0.39, 0.29) is 17.5 Å². The highest BCUT2D eigenvalue weighted by Gasteiger charge is 2.35. The summed E-state index contributed by atoms with van der Waals surface area (Å²) in [5.41, 5.74) is 0.405. The number of aromatic nitrogens is 1. The van der Waals surface area contributed by atoms with Crippen LogP contribution in [0.1, 0.15) is 47.8 Å². The fraction of sp³-hybridized carbons (Fsp3) is 0.280. The van der Waals surface area contributed by atoms with Crippen molar-refractivity contribution < 1.29 is 23.2 Å². The third kappa shape index (κ3) is 5.31. The van der Waals surface area contributed by atoms with Gasteiger partial charge in [-0.2, -0.15) is 0 Å². The minimum absolute atomic E-state index is 0.00642. The SMILES string of the molecule is O=C(NCC(=O)N(c1ccccc1F)[C@@H](C(=O)NC1CCCC1)c1ccncc1)c1ccco1. The molecule has 0 saturated heterocycles. The lowest BCUT2D eigenvalue weighted by molar-refractivity contribution is -0.126. The molecule has 0 radical (unpaired) electrons. The predicted octanol–water partition coefficient (Wildman–Crippen LogP) is 3.38. The Morgan fingerprint density at radius 2 is 1.79 bits per heavy atom. The summed E-state index contributed by atoms with van der Waals surface area (Å²) in [7, 11) is 0. The van der Waals surface area contributed by atoms with Crippen molar-refractivity contribution >= 4 is 23.4 Å². The van der Waals surface area contributed by atoms with Crippen LogP contribution in [0.3, 0.4) is 0 Å². The Labute approximate surface area is 196 Å². The molecule has 34 heavy (non-hydrogen) atoms. The smallest absolute Gasteiger partial charge is 0.287 e. The first-order valence-electron chi connectivity index (χ1n) is 11.1. The summed E-state index contributed by atoms with van der Waals surface area (Å²) in [6.45, 7) is -0.466. The van der Waals surface area contributed by atoms with Crippen LogP contribution in [-0.2, 0) is 9.59 Å². The summed E-state index contributed by atoms with van der Waals surface area (Å²) >= 11 is 0. The van der Waals surface area contributed by atoms with Gasteiger partial charge in [-0.25, -0.2) is 4.39 Å². The van der Waals surface area contributed by atoms with Gasteiger partial charge in [-0.15, -0.1) is 0 Å². The van der Waals surface area contributed by atoms with E-state index in [4.69, 9.17) is 4.42 Å². The van der Waals surface area contributed by atoms with Crippen molar-refractivity contribution in [1.29, 1.82) is 0 Å². The van der Waals surface area contributed by atoms with Gasteiger partial charge in [0.2, 0.25) is 11.8 Å². The second-order valence-electron chi connectivity index (χ2n) is 8.05. The molecule has 2 heterocycles. The van der Waals surface area contributed by atoms with Gasteiger partial charge in [-0.05, 0) is 54.8 Å². The first-order valence-corrected chi connectivity index (χ1v) is 11.1. The Morgan fingerprint density at radius 1 is 1.06 bits per heavy atom. The monoisotopic (exact) mass is 464 g/mol. The molecule has 0 bridgehead atoms. The number of anilines is 1. The summed E-state index contributed by atoms with van der Waals surface area (Å²) in [5, 5.41) is 5.49. The van der Waals surface area contributed by atoms with Crippen LogP contribution in [0.25, 0.3) is 0 Å². The fourth-order valence-electron chi connectivity index (χ4n) is 4.11. The highest BCUT2D eigenvalue weighted by Crippen LogP contribution is 2.30. The lowest BCUT2D eigenvalue weighted by atomic mass is 10.0. The predicted molar refractivity (Wildman–Crippen MR) is 122 cm³/mol. The van der Waals surface area contributed by atoms with E-state index in [0.717, 1.165) is 30.6 Å². The molecule has 2 N–H and O–H groups in total. The van der Waals surface area contributed by atoms with Crippen molar-refractivity contribution in [2.24, 2.45) is 0 Å². The highest BCUT2D eigenvalue weighted by molar-refractivity contribution is 6.04. The Kier molecular flexibility index (Phi) is 7.31. The molecule has 0 spiro atoms. The van der Waals surface area contributed by atoms with Crippen molar-refractivity contribution in [3.63, 3.8) is 0 Å². The summed E-state index contributed by atoms with van der Waals surface area (Å²) in [5.74, 6) is -2.31. The molecular weight excluding hydrogens is 439 g/mol. The van der Waals surface area contributed by atoms with Crippen LogP contribution in [0.15, 0.2) is 71.6 Å². The van der Waals surface area contributed by atoms with Crippen molar-refractivity contribution in [3.05, 3.63) is 84.3 Å². The maximum atomic E-state index is 14.9. The zero-order valence-electron chi connectivity index (χ0n) is 18.4. The zero-order chi connectivity index (χ0) is 23.9. The number of nitrogens with zero attached hydrogens (tertiary/aromatic N) is 2. The van der Waals surface area contributed by atoms with E-state index in [2.05, 4.69) is 15.6 Å². The quantitative estimate of drug-likeness (QED) is 0.532. The lowest BCUT2D eigenvalue weighted by Gasteiger charge is -2.32. The molecule has 1 atom stereocenters. The molecule has 8 nitrogen and oxygen atoms in total. The van der Waals surface area contributed by atoms with Crippen LogP contribution in [0.4, 0.5) is 10.1 Å². The molecule has 1 fully saturated rings. The molecule has 3 amide bonds. The van der Waals surface area contributed by atoms with Gasteiger partial charge in [0.15, 0.2) is 5.76 Å². The first-order chi connectivity index (χ1) is 16.5. The van der Waals surface area contributed by atoms with Crippen molar-refractivity contribution in [2.45, 2.75) is 37.8 Å². The maximum Gasteiger partial charge on any atom is 0.287 e. The molecular formula is C25H25FN4O4. The Hall–Kier alpha value is -4.01. The van der Waals surface area contributed by atoms with Crippen molar-refractivity contribution in [3.8, 4) is 0 Å². The Morgan fingerprint density at radius 3 is 2.47 bits per heavy atom. The van der Waals surface area contributed by atoms with Crippen LogP contribution < -0.4 is 15.5 Å².